The molecule has 3 rings (SSSR count). The van der Waals surface area contributed by atoms with Crippen molar-refractivity contribution >= 4 is 16.9 Å². The minimum absolute atomic E-state index is 0.0692. The number of aryl methyl sites for hydroxylation is 1. The molecule has 0 saturated heterocycles. The second-order valence-corrected chi connectivity index (χ2v) is 4.64. The van der Waals surface area contributed by atoms with E-state index < -0.39 is 0 Å². The molecular formula is C16H12FNO2. The number of oxazole rings is 1. The van der Waals surface area contributed by atoms with Crippen LogP contribution in [0.2, 0.25) is 0 Å². The molecule has 100 valence electrons. The Labute approximate surface area is 115 Å². The molecule has 0 fully saturated rings. The van der Waals surface area contributed by atoms with Crippen molar-refractivity contribution in [3.8, 4) is 0 Å². The summed E-state index contributed by atoms with van der Waals surface area (Å²) >= 11 is 0. The van der Waals surface area contributed by atoms with E-state index in [2.05, 4.69) is 4.98 Å². The van der Waals surface area contributed by atoms with Crippen LogP contribution in [-0.4, -0.2) is 10.8 Å². The number of carbonyl (C=O) groups excluding carboxylic acids is 1. The second-order valence-electron chi connectivity index (χ2n) is 4.64. The molecule has 1 aromatic heterocycles. The number of carbonyl (C=O) groups is 1. The van der Waals surface area contributed by atoms with E-state index in [1.165, 1.54) is 12.1 Å². The van der Waals surface area contributed by atoms with Gasteiger partial charge in [-0.15, -0.1) is 0 Å². The van der Waals surface area contributed by atoms with Crippen molar-refractivity contribution < 1.29 is 13.6 Å². The number of nitrogens with zero attached hydrogens (tertiary/aromatic N) is 1. The molecule has 0 radical (unpaired) electrons. The quantitative estimate of drug-likeness (QED) is 0.681. The Morgan fingerprint density at radius 2 is 2.05 bits per heavy atom. The summed E-state index contributed by atoms with van der Waals surface area (Å²) in [5, 5.41) is 0. The minimum atomic E-state index is -0.316. The van der Waals surface area contributed by atoms with Gasteiger partial charge in [0.05, 0.1) is 6.42 Å². The zero-order valence-corrected chi connectivity index (χ0v) is 10.9. The van der Waals surface area contributed by atoms with E-state index in [4.69, 9.17) is 4.42 Å². The third-order valence-electron chi connectivity index (χ3n) is 3.13. The third-order valence-corrected chi connectivity index (χ3v) is 3.13. The summed E-state index contributed by atoms with van der Waals surface area (Å²) in [5.41, 5.74) is 2.30. The normalized spacial score (nSPS) is 10.9. The fraction of sp³-hybridized carbons (Fsp3) is 0.125. The number of para-hydroxylation sites is 2. The van der Waals surface area contributed by atoms with Gasteiger partial charge in [-0.1, -0.05) is 12.1 Å². The molecule has 0 aliphatic heterocycles. The zero-order chi connectivity index (χ0) is 14.1. The van der Waals surface area contributed by atoms with Gasteiger partial charge in [-0.05, 0) is 42.8 Å². The molecule has 0 unspecified atom stereocenters. The van der Waals surface area contributed by atoms with Crippen LogP contribution < -0.4 is 0 Å². The topological polar surface area (TPSA) is 43.1 Å². The third kappa shape index (κ3) is 2.32. The minimum Gasteiger partial charge on any atom is -0.440 e. The largest absolute Gasteiger partial charge is 0.440 e. The van der Waals surface area contributed by atoms with Crippen LogP contribution in [0.15, 0.2) is 46.9 Å². The number of ketones is 1. The number of hydrogen-bond acceptors (Lipinski definition) is 3. The van der Waals surface area contributed by atoms with Crippen molar-refractivity contribution in [2.24, 2.45) is 0 Å². The summed E-state index contributed by atoms with van der Waals surface area (Å²) in [4.78, 5) is 16.4. The van der Waals surface area contributed by atoms with Crippen molar-refractivity contribution in [1.82, 2.24) is 4.98 Å². The molecule has 0 amide bonds. The summed E-state index contributed by atoms with van der Waals surface area (Å²) < 4.78 is 18.7. The first-order chi connectivity index (χ1) is 9.63. The maximum Gasteiger partial charge on any atom is 0.203 e. The lowest BCUT2D eigenvalue weighted by atomic mass is 10.1. The molecule has 4 heteroatoms. The molecule has 0 spiro atoms. The molecule has 0 aliphatic rings. The lowest BCUT2D eigenvalue weighted by Crippen LogP contribution is -2.04. The van der Waals surface area contributed by atoms with E-state index in [0.717, 1.165) is 5.52 Å². The number of aromatic nitrogens is 1. The molecule has 0 aliphatic carbocycles. The highest BCUT2D eigenvalue weighted by molar-refractivity contribution is 5.97. The summed E-state index contributed by atoms with van der Waals surface area (Å²) in [7, 11) is 0. The molecule has 0 N–H and O–H groups in total. The van der Waals surface area contributed by atoms with Crippen molar-refractivity contribution in [2.45, 2.75) is 13.3 Å². The predicted octanol–water partition coefficient (Wildman–Crippen LogP) is 3.70. The van der Waals surface area contributed by atoms with Crippen LogP contribution in [0.25, 0.3) is 11.1 Å². The molecule has 3 nitrogen and oxygen atoms in total. The van der Waals surface area contributed by atoms with E-state index in [-0.39, 0.29) is 18.0 Å². The van der Waals surface area contributed by atoms with E-state index >= 15 is 0 Å². The number of hydrogen-bond donors (Lipinski definition) is 0. The van der Waals surface area contributed by atoms with Gasteiger partial charge >= 0.3 is 0 Å². The van der Waals surface area contributed by atoms with Gasteiger partial charge < -0.3 is 4.42 Å². The Morgan fingerprint density at radius 3 is 2.80 bits per heavy atom. The van der Waals surface area contributed by atoms with Gasteiger partial charge in [0.2, 0.25) is 5.89 Å². The first-order valence-corrected chi connectivity index (χ1v) is 6.27. The van der Waals surface area contributed by atoms with Crippen LogP contribution in [0, 0.1) is 12.7 Å². The molecule has 0 saturated carbocycles. The van der Waals surface area contributed by atoms with Crippen molar-refractivity contribution in [1.29, 1.82) is 0 Å². The van der Waals surface area contributed by atoms with Crippen LogP contribution in [0.3, 0.4) is 0 Å². The molecule has 0 atom stereocenters. The highest BCUT2D eigenvalue weighted by Crippen LogP contribution is 2.17. The van der Waals surface area contributed by atoms with E-state index in [0.29, 0.717) is 22.6 Å². The summed E-state index contributed by atoms with van der Waals surface area (Å²) in [6.45, 7) is 1.63. The van der Waals surface area contributed by atoms with Gasteiger partial charge in [0.1, 0.15) is 11.3 Å². The summed E-state index contributed by atoms with van der Waals surface area (Å²) in [6, 6.07) is 11.7. The van der Waals surface area contributed by atoms with Gasteiger partial charge in [0.25, 0.3) is 0 Å². The van der Waals surface area contributed by atoms with Crippen LogP contribution >= 0.6 is 0 Å². The predicted molar refractivity (Wildman–Crippen MR) is 73.2 cm³/mol. The number of fused-ring (bicyclic) bond motifs is 1. The van der Waals surface area contributed by atoms with E-state index in [9.17, 15) is 9.18 Å². The van der Waals surface area contributed by atoms with Gasteiger partial charge in [0, 0.05) is 5.56 Å². The first kappa shape index (κ1) is 12.5. The van der Waals surface area contributed by atoms with Crippen LogP contribution in [-0.2, 0) is 6.42 Å². The maximum atomic E-state index is 13.2. The average molecular weight is 269 g/mol. The fourth-order valence-electron chi connectivity index (χ4n) is 2.05. The average Bonchev–Trinajstić information content (AvgIpc) is 2.83. The maximum absolute atomic E-state index is 13.2. The van der Waals surface area contributed by atoms with Gasteiger partial charge in [-0.2, -0.15) is 0 Å². The molecular weight excluding hydrogens is 257 g/mol. The number of benzene rings is 2. The van der Waals surface area contributed by atoms with Crippen LogP contribution in [0.1, 0.15) is 21.8 Å². The Balaban J connectivity index is 1.86. The van der Waals surface area contributed by atoms with Crippen molar-refractivity contribution in [3.63, 3.8) is 0 Å². The Morgan fingerprint density at radius 1 is 1.25 bits per heavy atom. The standard InChI is InChI=1S/C16H12FNO2/c1-10-8-11(6-7-12(10)17)14(19)9-16-18-13-4-2-3-5-15(13)20-16/h2-8H,9H2,1H3. The highest BCUT2D eigenvalue weighted by Gasteiger charge is 2.13. The molecule has 20 heavy (non-hydrogen) atoms. The lowest BCUT2D eigenvalue weighted by Gasteiger charge is -2.01. The zero-order valence-electron chi connectivity index (χ0n) is 10.9. The molecule has 0 bridgehead atoms. The molecule has 3 aromatic rings. The summed E-state index contributed by atoms with van der Waals surface area (Å²) in [6.07, 6.45) is 0.0692. The monoisotopic (exact) mass is 269 g/mol. The Bertz CT molecular complexity index is 759. The number of rotatable bonds is 3. The van der Waals surface area contributed by atoms with E-state index in [1.807, 2.05) is 18.2 Å². The Kier molecular flexibility index (Phi) is 3.06. The smallest absolute Gasteiger partial charge is 0.203 e. The lowest BCUT2D eigenvalue weighted by molar-refractivity contribution is 0.0986. The van der Waals surface area contributed by atoms with Gasteiger partial charge in [-0.3, -0.25) is 4.79 Å². The van der Waals surface area contributed by atoms with Crippen molar-refractivity contribution in [2.75, 3.05) is 0 Å². The fourth-order valence-corrected chi connectivity index (χ4v) is 2.05. The van der Waals surface area contributed by atoms with Gasteiger partial charge in [-0.25, -0.2) is 9.37 Å². The second kappa shape index (κ2) is 4.89. The van der Waals surface area contributed by atoms with E-state index in [1.54, 1.807) is 19.1 Å². The first-order valence-electron chi connectivity index (χ1n) is 6.27. The Hall–Kier alpha value is -2.49. The van der Waals surface area contributed by atoms with Crippen LogP contribution in [0.5, 0.6) is 0 Å². The number of Topliss-reactive ketones (excluding diaryl/α,β-unsaturated/α-hetero) is 1. The molecule has 1 heterocycles. The number of halogens is 1. The van der Waals surface area contributed by atoms with Crippen molar-refractivity contribution in [3.05, 3.63) is 65.3 Å². The molecule has 2 aromatic carbocycles. The highest BCUT2D eigenvalue weighted by atomic mass is 19.1. The van der Waals surface area contributed by atoms with Gasteiger partial charge in [0.15, 0.2) is 11.4 Å². The van der Waals surface area contributed by atoms with Crippen LogP contribution in [0.4, 0.5) is 4.39 Å². The summed E-state index contributed by atoms with van der Waals surface area (Å²) in [5.74, 6) is -0.0822. The SMILES string of the molecule is Cc1cc(C(=O)Cc2nc3ccccc3o2)ccc1F.